The molecule has 3 rings (SSSR count). The van der Waals surface area contributed by atoms with Crippen LogP contribution in [0.15, 0.2) is 34.7 Å². The fourth-order valence-electron chi connectivity index (χ4n) is 3.51. The third kappa shape index (κ3) is 3.42. The lowest BCUT2D eigenvalue weighted by atomic mass is 9.86. The molecule has 1 fully saturated rings. The Labute approximate surface area is 137 Å². The maximum absolute atomic E-state index is 12.7. The number of para-hydroxylation sites is 1. The SMILES string of the molecule is CC(C(=O)N(C)CC1CCCCC1O)c1cc2ccccc2o1. The molecule has 1 saturated carbocycles. The van der Waals surface area contributed by atoms with E-state index in [1.807, 2.05) is 44.3 Å². The fourth-order valence-corrected chi connectivity index (χ4v) is 3.51. The second kappa shape index (κ2) is 6.75. The Kier molecular flexibility index (Phi) is 4.71. The first-order valence-electron chi connectivity index (χ1n) is 8.48. The molecule has 4 nitrogen and oxygen atoms in total. The quantitative estimate of drug-likeness (QED) is 0.939. The van der Waals surface area contributed by atoms with E-state index < -0.39 is 0 Å². The second-order valence-corrected chi connectivity index (χ2v) is 6.74. The van der Waals surface area contributed by atoms with E-state index in [9.17, 15) is 9.90 Å². The van der Waals surface area contributed by atoms with Crippen LogP contribution in [0.3, 0.4) is 0 Å². The Balaban J connectivity index is 1.68. The van der Waals surface area contributed by atoms with E-state index in [1.54, 1.807) is 4.90 Å². The van der Waals surface area contributed by atoms with E-state index >= 15 is 0 Å². The molecule has 0 saturated heterocycles. The highest BCUT2D eigenvalue weighted by Crippen LogP contribution is 2.28. The van der Waals surface area contributed by atoms with E-state index in [2.05, 4.69) is 0 Å². The summed E-state index contributed by atoms with van der Waals surface area (Å²) in [6.45, 7) is 2.50. The van der Waals surface area contributed by atoms with Gasteiger partial charge in [0.1, 0.15) is 11.3 Å². The van der Waals surface area contributed by atoms with Crippen LogP contribution in [-0.2, 0) is 4.79 Å². The number of amides is 1. The van der Waals surface area contributed by atoms with Crippen molar-refractivity contribution in [2.24, 2.45) is 5.92 Å². The monoisotopic (exact) mass is 315 g/mol. The standard InChI is InChI=1S/C19H25NO3/c1-13(18-11-14-7-4-6-10-17(14)23-18)19(22)20(2)12-15-8-3-5-9-16(15)21/h4,6-7,10-11,13,15-16,21H,3,5,8-9,12H2,1-2H3. The van der Waals surface area contributed by atoms with Crippen LogP contribution in [0.5, 0.6) is 0 Å². The molecule has 1 aliphatic rings. The molecule has 1 aromatic carbocycles. The second-order valence-electron chi connectivity index (χ2n) is 6.74. The number of furan rings is 1. The van der Waals surface area contributed by atoms with Crippen molar-refractivity contribution in [2.45, 2.75) is 44.6 Å². The Morgan fingerprint density at radius 1 is 1.35 bits per heavy atom. The highest BCUT2D eigenvalue weighted by atomic mass is 16.3. The molecule has 4 heteroatoms. The maximum atomic E-state index is 12.7. The summed E-state index contributed by atoms with van der Waals surface area (Å²) in [4.78, 5) is 14.4. The molecule has 3 atom stereocenters. The zero-order valence-electron chi connectivity index (χ0n) is 13.9. The number of fused-ring (bicyclic) bond motifs is 1. The van der Waals surface area contributed by atoms with Crippen molar-refractivity contribution in [3.63, 3.8) is 0 Å². The highest BCUT2D eigenvalue weighted by Gasteiger charge is 2.28. The van der Waals surface area contributed by atoms with Crippen molar-refractivity contribution in [1.82, 2.24) is 4.90 Å². The van der Waals surface area contributed by atoms with Crippen molar-refractivity contribution in [3.05, 3.63) is 36.1 Å². The van der Waals surface area contributed by atoms with Gasteiger partial charge in [-0.15, -0.1) is 0 Å². The first kappa shape index (κ1) is 16.1. The Bertz CT molecular complexity index is 645. The summed E-state index contributed by atoms with van der Waals surface area (Å²) in [5.74, 6) is 0.628. The van der Waals surface area contributed by atoms with Crippen molar-refractivity contribution in [1.29, 1.82) is 0 Å². The van der Waals surface area contributed by atoms with Crippen LogP contribution in [0.25, 0.3) is 11.0 Å². The number of carbonyl (C=O) groups excluding carboxylic acids is 1. The molecule has 1 N–H and O–H groups in total. The average molecular weight is 315 g/mol. The van der Waals surface area contributed by atoms with Crippen LogP contribution in [-0.4, -0.2) is 35.6 Å². The summed E-state index contributed by atoms with van der Waals surface area (Å²) < 4.78 is 5.82. The molecule has 1 aromatic heterocycles. The molecule has 1 aliphatic carbocycles. The van der Waals surface area contributed by atoms with Crippen molar-refractivity contribution in [3.8, 4) is 0 Å². The van der Waals surface area contributed by atoms with Gasteiger partial charge >= 0.3 is 0 Å². The van der Waals surface area contributed by atoms with Crippen molar-refractivity contribution < 1.29 is 14.3 Å². The van der Waals surface area contributed by atoms with Crippen molar-refractivity contribution in [2.75, 3.05) is 13.6 Å². The van der Waals surface area contributed by atoms with E-state index in [4.69, 9.17) is 4.42 Å². The van der Waals surface area contributed by atoms with Gasteiger partial charge in [0.25, 0.3) is 0 Å². The fraction of sp³-hybridized carbons (Fsp3) is 0.526. The zero-order chi connectivity index (χ0) is 16.4. The first-order valence-corrected chi connectivity index (χ1v) is 8.48. The van der Waals surface area contributed by atoms with Gasteiger partial charge in [-0.2, -0.15) is 0 Å². The summed E-state index contributed by atoms with van der Waals surface area (Å²) in [6, 6.07) is 9.74. The van der Waals surface area contributed by atoms with E-state index in [1.165, 1.54) is 0 Å². The molecule has 2 aromatic rings. The van der Waals surface area contributed by atoms with Crippen molar-refractivity contribution >= 4 is 16.9 Å². The van der Waals surface area contributed by atoms with Gasteiger partial charge in [0.15, 0.2) is 0 Å². The molecule has 0 bridgehead atoms. The zero-order valence-corrected chi connectivity index (χ0v) is 13.9. The lowest BCUT2D eigenvalue weighted by Crippen LogP contribution is -2.39. The highest BCUT2D eigenvalue weighted by molar-refractivity contribution is 5.85. The summed E-state index contributed by atoms with van der Waals surface area (Å²) in [5, 5.41) is 11.1. The average Bonchev–Trinajstić information content (AvgIpc) is 2.99. The number of benzene rings is 1. The number of hydrogen-bond donors (Lipinski definition) is 1. The predicted octanol–water partition coefficient (Wildman–Crippen LogP) is 3.55. The van der Waals surface area contributed by atoms with E-state index in [0.717, 1.165) is 36.7 Å². The lowest BCUT2D eigenvalue weighted by Gasteiger charge is -2.32. The van der Waals surface area contributed by atoms with E-state index in [-0.39, 0.29) is 23.8 Å². The third-order valence-electron chi connectivity index (χ3n) is 5.00. The summed E-state index contributed by atoms with van der Waals surface area (Å²) in [7, 11) is 1.82. The Morgan fingerprint density at radius 3 is 2.83 bits per heavy atom. The molecule has 0 aliphatic heterocycles. The molecular weight excluding hydrogens is 290 g/mol. The summed E-state index contributed by atoms with van der Waals surface area (Å²) in [5.41, 5.74) is 0.813. The number of likely N-dealkylation sites (N-methyl/N-ethyl adjacent to an activating group) is 1. The minimum Gasteiger partial charge on any atom is -0.460 e. The molecule has 0 radical (unpaired) electrons. The van der Waals surface area contributed by atoms with Crippen LogP contribution >= 0.6 is 0 Å². The summed E-state index contributed by atoms with van der Waals surface area (Å²) in [6.07, 6.45) is 3.80. The van der Waals surface area contributed by atoms with Crippen LogP contribution in [0, 0.1) is 5.92 Å². The van der Waals surface area contributed by atoms with Gasteiger partial charge in [-0.05, 0) is 31.9 Å². The molecular formula is C19H25NO3. The number of nitrogens with zero attached hydrogens (tertiary/aromatic N) is 1. The largest absolute Gasteiger partial charge is 0.460 e. The molecule has 3 unspecified atom stereocenters. The topological polar surface area (TPSA) is 53.7 Å². The molecule has 0 spiro atoms. The van der Waals surface area contributed by atoms with Gasteiger partial charge in [-0.25, -0.2) is 0 Å². The first-order chi connectivity index (χ1) is 11.1. The van der Waals surface area contributed by atoms with Crippen LogP contribution in [0.1, 0.15) is 44.3 Å². The number of hydrogen-bond acceptors (Lipinski definition) is 3. The number of aliphatic hydroxyl groups is 1. The van der Waals surface area contributed by atoms with Crippen LogP contribution in [0.4, 0.5) is 0 Å². The molecule has 1 amide bonds. The Morgan fingerprint density at radius 2 is 2.09 bits per heavy atom. The smallest absolute Gasteiger partial charge is 0.232 e. The number of rotatable bonds is 4. The number of aliphatic hydroxyl groups excluding tert-OH is 1. The van der Waals surface area contributed by atoms with Gasteiger partial charge in [0.05, 0.1) is 12.0 Å². The third-order valence-corrected chi connectivity index (χ3v) is 5.00. The molecule has 124 valence electrons. The van der Waals surface area contributed by atoms with Gasteiger partial charge in [0.2, 0.25) is 5.91 Å². The van der Waals surface area contributed by atoms with Gasteiger partial charge in [-0.1, -0.05) is 31.0 Å². The van der Waals surface area contributed by atoms with Gasteiger partial charge in [-0.3, -0.25) is 4.79 Å². The lowest BCUT2D eigenvalue weighted by molar-refractivity contribution is -0.132. The molecule has 1 heterocycles. The molecule has 23 heavy (non-hydrogen) atoms. The maximum Gasteiger partial charge on any atom is 0.232 e. The van der Waals surface area contributed by atoms with Crippen LogP contribution in [0.2, 0.25) is 0 Å². The predicted molar refractivity (Wildman–Crippen MR) is 90.2 cm³/mol. The Hall–Kier alpha value is -1.81. The summed E-state index contributed by atoms with van der Waals surface area (Å²) >= 11 is 0. The van der Waals surface area contributed by atoms with E-state index in [0.29, 0.717) is 12.3 Å². The normalized spacial score (nSPS) is 22.9. The minimum absolute atomic E-state index is 0.0434. The number of carbonyl (C=O) groups is 1. The van der Waals surface area contributed by atoms with Gasteiger partial charge < -0.3 is 14.4 Å². The van der Waals surface area contributed by atoms with Gasteiger partial charge in [0, 0.05) is 24.9 Å². The van der Waals surface area contributed by atoms with Crippen LogP contribution < -0.4 is 0 Å². The minimum atomic E-state index is -0.312.